The second kappa shape index (κ2) is 6.16. The van der Waals surface area contributed by atoms with Crippen LogP contribution in [0.3, 0.4) is 0 Å². The average molecular weight is 217 g/mol. The average Bonchev–Trinajstić information content (AvgIpc) is 1.35. The molecule has 0 aromatic carbocycles. The zero-order chi connectivity index (χ0) is 4.99. The number of rotatable bonds is 2. The number of nitrogens with one attached hydrogen (secondary N) is 1. The molecule has 0 aliphatic heterocycles. The molecular formula is C3H8INO2. The molecule has 0 bridgehead atoms. The molecule has 7 heavy (non-hydrogen) atoms. The zero-order valence-electron chi connectivity index (χ0n) is 3.97. The van der Waals surface area contributed by atoms with E-state index < -0.39 is 5.97 Å². The molecule has 0 spiro atoms. The largest absolute Gasteiger partial charge is 0.480 e. The van der Waals surface area contributed by atoms with Gasteiger partial charge in [0.1, 0.15) is 0 Å². The highest BCUT2D eigenvalue weighted by Gasteiger charge is 1.86. The van der Waals surface area contributed by atoms with Gasteiger partial charge in [0.25, 0.3) is 0 Å². The quantitative estimate of drug-likeness (QED) is 0.635. The second-order valence-corrected chi connectivity index (χ2v) is 0.924. The predicted molar refractivity (Wildman–Crippen MR) is 37.0 cm³/mol. The van der Waals surface area contributed by atoms with E-state index in [0.717, 1.165) is 0 Å². The van der Waals surface area contributed by atoms with Crippen molar-refractivity contribution < 1.29 is 9.90 Å². The van der Waals surface area contributed by atoms with Crippen molar-refractivity contribution in [1.29, 1.82) is 0 Å². The van der Waals surface area contributed by atoms with E-state index in [2.05, 4.69) is 5.32 Å². The first kappa shape index (κ1) is 10.2. The number of carboxylic acids is 1. The molecular weight excluding hydrogens is 209 g/mol. The summed E-state index contributed by atoms with van der Waals surface area (Å²) < 4.78 is 0. The van der Waals surface area contributed by atoms with E-state index in [9.17, 15) is 4.79 Å². The van der Waals surface area contributed by atoms with Gasteiger partial charge in [-0.3, -0.25) is 4.79 Å². The topological polar surface area (TPSA) is 49.3 Å². The molecule has 2 N–H and O–H groups in total. The van der Waals surface area contributed by atoms with Gasteiger partial charge in [0.05, 0.1) is 6.54 Å². The Kier molecular flexibility index (Phi) is 8.98. The van der Waals surface area contributed by atoms with Gasteiger partial charge in [-0.25, -0.2) is 0 Å². The van der Waals surface area contributed by atoms with Crippen molar-refractivity contribution in [2.45, 2.75) is 0 Å². The first-order valence-electron chi connectivity index (χ1n) is 1.63. The number of hydrogen-bond donors (Lipinski definition) is 2. The van der Waals surface area contributed by atoms with Crippen LogP contribution in [-0.4, -0.2) is 24.7 Å². The van der Waals surface area contributed by atoms with E-state index in [1.54, 1.807) is 7.05 Å². The minimum atomic E-state index is -0.822. The van der Waals surface area contributed by atoms with Gasteiger partial charge in [0, 0.05) is 0 Å². The maximum absolute atomic E-state index is 9.54. The van der Waals surface area contributed by atoms with Crippen LogP contribution in [0.4, 0.5) is 0 Å². The lowest BCUT2D eigenvalue weighted by atomic mass is 10.7. The maximum atomic E-state index is 9.54. The monoisotopic (exact) mass is 217 g/mol. The Hall–Kier alpha value is 0.160. The molecule has 0 fully saturated rings. The van der Waals surface area contributed by atoms with Crippen LogP contribution in [-0.2, 0) is 4.79 Å². The van der Waals surface area contributed by atoms with Crippen LogP contribution in [0.15, 0.2) is 0 Å². The predicted octanol–water partition coefficient (Wildman–Crippen LogP) is -0.0916. The Bertz CT molecular complexity index is 56.9. The molecule has 0 rings (SSSR count). The summed E-state index contributed by atoms with van der Waals surface area (Å²) in [6.45, 7) is 0.0417. The van der Waals surface area contributed by atoms with Gasteiger partial charge in [0.2, 0.25) is 0 Å². The molecule has 0 saturated carbocycles. The van der Waals surface area contributed by atoms with Crippen LogP contribution in [0.25, 0.3) is 0 Å². The molecule has 0 aliphatic carbocycles. The smallest absolute Gasteiger partial charge is 0.317 e. The highest BCUT2D eigenvalue weighted by atomic mass is 127. The van der Waals surface area contributed by atoms with E-state index in [1.165, 1.54) is 0 Å². The van der Waals surface area contributed by atoms with Crippen molar-refractivity contribution in [3.05, 3.63) is 0 Å². The van der Waals surface area contributed by atoms with Gasteiger partial charge in [-0.15, -0.1) is 24.0 Å². The van der Waals surface area contributed by atoms with E-state index in [4.69, 9.17) is 5.11 Å². The highest BCUT2D eigenvalue weighted by Crippen LogP contribution is 1.50. The van der Waals surface area contributed by atoms with Gasteiger partial charge in [-0.2, -0.15) is 0 Å². The summed E-state index contributed by atoms with van der Waals surface area (Å²) in [7, 11) is 1.59. The lowest BCUT2D eigenvalue weighted by molar-refractivity contribution is -0.135. The van der Waals surface area contributed by atoms with Crippen molar-refractivity contribution in [1.82, 2.24) is 5.32 Å². The van der Waals surface area contributed by atoms with Crippen molar-refractivity contribution in [3.8, 4) is 0 Å². The molecule has 0 saturated heterocycles. The third kappa shape index (κ3) is 10.7. The van der Waals surface area contributed by atoms with Crippen molar-refractivity contribution in [2.75, 3.05) is 13.6 Å². The van der Waals surface area contributed by atoms with Gasteiger partial charge >= 0.3 is 5.97 Å². The summed E-state index contributed by atoms with van der Waals surface area (Å²) in [5.74, 6) is -0.822. The summed E-state index contributed by atoms with van der Waals surface area (Å²) in [5, 5.41) is 10.3. The standard InChI is InChI=1S/C3H7NO2.HI/c1-4-2-3(5)6;/h4H,2H2,1H3,(H,5,6);1H. The maximum Gasteiger partial charge on any atom is 0.317 e. The van der Waals surface area contributed by atoms with Crippen LogP contribution in [0.2, 0.25) is 0 Å². The van der Waals surface area contributed by atoms with Gasteiger partial charge < -0.3 is 10.4 Å². The lowest BCUT2D eigenvalue weighted by Gasteiger charge is -1.84. The molecule has 44 valence electrons. The molecule has 3 nitrogen and oxygen atoms in total. The molecule has 0 amide bonds. The molecule has 4 heteroatoms. The van der Waals surface area contributed by atoms with Crippen LogP contribution < -0.4 is 5.32 Å². The summed E-state index contributed by atoms with van der Waals surface area (Å²) in [6, 6.07) is 0. The number of carboxylic acid groups (broad SMARTS) is 1. The Balaban J connectivity index is 0. The number of halogens is 1. The fraction of sp³-hybridized carbons (Fsp3) is 0.667. The molecule has 0 aliphatic rings. The molecule has 0 aromatic heterocycles. The van der Waals surface area contributed by atoms with Crippen LogP contribution >= 0.6 is 24.0 Å². The normalized spacial score (nSPS) is 7.00. The van der Waals surface area contributed by atoms with E-state index in [1.807, 2.05) is 0 Å². The summed E-state index contributed by atoms with van der Waals surface area (Å²) in [6.07, 6.45) is 0. The second-order valence-electron chi connectivity index (χ2n) is 0.924. The van der Waals surface area contributed by atoms with Gasteiger partial charge in [0.15, 0.2) is 0 Å². The Morgan fingerprint density at radius 2 is 2.29 bits per heavy atom. The van der Waals surface area contributed by atoms with Crippen molar-refractivity contribution in [3.63, 3.8) is 0 Å². The van der Waals surface area contributed by atoms with Crippen LogP contribution in [0, 0.1) is 0 Å². The zero-order valence-corrected chi connectivity index (χ0v) is 6.30. The molecule has 0 aromatic rings. The fourth-order valence-electron chi connectivity index (χ4n) is 0.151. The fourth-order valence-corrected chi connectivity index (χ4v) is 0.151. The molecule has 0 unspecified atom stereocenters. The Morgan fingerprint density at radius 3 is 2.29 bits per heavy atom. The van der Waals surface area contributed by atoms with E-state index in [-0.39, 0.29) is 30.5 Å². The van der Waals surface area contributed by atoms with Crippen molar-refractivity contribution >= 4 is 29.9 Å². The Morgan fingerprint density at radius 1 is 1.86 bits per heavy atom. The van der Waals surface area contributed by atoms with Gasteiger partial charge in [-0.05, 0) is 7.05 Å². The van der Waals surface area contributed by atoms with Crippen LogP contribution in [0.1, 0.15) is 0 Å². The summed E-state index contributed by atoms with van der Waals surface area (Å²) in [5.41, 5.74) is 0. The molecule has 0 radical (unpaired) electrons. The highest BCUT2D eigenvalue weighted by molar-refractivity contribution is 14.0. The lowest BCUT2D eigenvalue weighted by Crippen LogP contribution is -2.16. The van der Waals surface area contributed by atoms with Gasteiger partial charge in [-0.1, -0.05) is 0 Å². The number of hydrogen-bond acceptors (Lipinski definition) is 2. The number of carbonyl (C=O) groups is 1. The molecule has 0 heterocycles. The number of likely N-dealkylation sites (N-methyl/N-ethyl adjacent to an activating group) is 1. The SMILES string of the molecule is CNCC(=O)O.I. The van der Waals surface area contributed by atoms with Crippen LogP contribution in [0.5, 0.6) is 0 Å². The molecule has 0 atom stereocenters. The van der Waals surface area contributed by atoms with Crippen molar-refractivity contribution in [2.24, 2.45) is 0 Å². The third-order valence-corrected chi connectivity index (χ3v) is 0.328. The Labute approximate surface area is 59.1 Å². The first-order chi connectivity index (χ1) is 2.77. The summed E-state index contributed by atoms with van der Waals surface area (Å²) in [4.78, 5) is 9.54. The third-order valence-electron chi connectivity index (χ3n) is 0.328. The minimum Gasteiger partial charge on any atom is -0.480 e. The summed E-state index contributed by atoms with van der Waals surface area (Å²) >= 11 is 0. The minimum absolute atomic E-state index is 0. The van der Waals surface area contributed by atoms with E-state index >= 15 is 0 Å². The van der Waals surface area contributed by atoms with E-state index in [0.29, 0.717) is 0 Å². The number of aliphatic carboxylic acids is 1. The first-order valence-corrected chi connectivity index (χ1v) is 1.63.